The van der Waals surface area contributed by atoms with Crippen molar-refractivity contribution in [1.82, 2.24) is 10.2 Å². The lowest BCUT2D eigenvalue weighted by Crippen LogP contribution is -2.51. The first-order chi connectivity index (χ1) is 14.0. The number of carboxylic acids is 1. The van der Waals surface area contributed by atoms with Crippen LogP contribution in [-0.2, 0) is 16.8 Å². The number of carboxylic acid groups (broad SMARTS) is 1. The molecule has 1 aliphatic heterocycles. The first-order valence-electron chi connectivity index (χ1n) is 10.1. The molecule has 2 amide bonds. The van der Waals surface area contributed by atoms with Crippen LogP contribution in [0.1, 0.15) is 36.8 Å². The molecule has 6 heteroatoms. The Morgan fingerprint density at radius 2 is 1.59 bits per heavy atom. The van der Waals surface area contributed by atoms with Gasteiger partial charge in [0.25, 0.3) is 0 Å². The van der Waals surface area contributed by atoms with E-state index in [1.54, 1.807) is 4.90 Å². The minimum atomic E-state index is -0.912. The average molecular weight is 396 g/mol. The van der Waals surface area contributed by atoms with E-state index in [0.717, 1.165) is 11.1 Å². The predicted octanol–water partition coefficient (Wildman–Crippen LogP) is 3.16. The van der Waals surface area contributed by atoms with Gasteiger partial charge in [-0.3, -0.25) is 4.79 Å². The number of rotatable bonds is 7. The molecule has 1 unspecified atom stereocenters. The topological polar surface area (TPSA) is 89.9 Å². The summed E-state index contributed by atoms with van der Waals surface area (Å²) >= 11 is 0. The molecule has 154 valence electrons. The maximum absolute atomic E-state index is 12.8. The lowest BCUT2D eigenvalue weighted by Gasteiger charge is -2.39. The molecule has 1 heterocycles. The molecule has 1 atom stereocenters. The maximum Gasteiger partial charge on any atom is 0.317 e. The summed E-state index contributed by atoms with van der Waals surface area (Å²) in [5.74, 6) is -0.872. The lowest BCUT2D eigenvalue weighted by atomic mass is 9.84. The van der Waals surface area contributed by atoms with E-state index >= 15 is 0 Å². The van der Waals surface area contributed by atoms with Gasteiger partial charge in [0.15, 0.2) is 0 Å². The number of nitrogens with zero attached hydrogens (tertiary/aromatic N) is 1. The Hall–Kier alpha value is -2.86. The minimum Gasteiger partial charge on any atom is -0.481 e. The highest BCUT2D eigenvalue weighted by Gasteiger charge is 2.35. The van der Waals surface area contributed by atoms with Crippen molar-refractivity contribution in [3.8, 4) is 0 Å². The molecule has 2 aromatic rings. The number of benzene rings is 2. The number of hydrogen-bond acceptors (Lipinski definition) is 3. The van der Waals surface area contributed by atoms with Gasteiger partial charge in [0.05, 0.1) is 5.60 Å². The molecule has 0 aromatic heterocycles. The number of hydrogen-bond donors (Lipinski definition) is 3. The van der Waals surface area contributed by atoms with Crippen molar-refractivity contribution in [3.63, 3.8) is 0 Å². The molecule has 1 saturated heterocycles. The average Bonchev–Trinajstić information content (AvgIpc) is 2.74. The normalized spacial score (nSPS) is 16.8. The number of likely N-dealkylation sites (tertiary alicyclic amines) is 1. The predicted molar refractivity (Wildman–Crippen MR) is 110 cm³/mol. The number of aliphatic carboxylic acids is 1. The number of nitrogens with one attached hydrogen (secondary N) is 1. The zero-order valence-electron chi connectivity index (χ0n) is 16.5. The summed E-state index contributed by atoms with van der Waals surface area (Å²) in [6, 6.07) is 18.8. The molecular formula is C23H28N2O4. The summed E-state index contributed by atoms with van der Waals surface area (Å²) in [6.45, 7) is 0.905. The fourth-order valence-corrected chi connectivity index (χ4v) is 3.80. The van der Waals surface area contributed by atoms with Gasteiger partial charge in [-0.15, -0.1) is 0 Å². The first kappa shape index (κ1) is 20.9. The van der Waals surface area contributed by atoms with Gasteiger partial charge in [-0.2, -0.15) is 0 Å². The van der Waals surface area contributed by atoms with E-state index in [9.17, 15) is 14.7 Å². The van der Waals surface area contributed by atoms with E-state index in [1.807, 2.05) is 60.7 Å². The smallest absolute Gasteiger partial charge is 0.317 e. The maximum atomic E-state index is 12.8. The van der Waals surface area contributed by atoms with Gasteiger partial charge < -0.3 is 20.4 Å². The van der Waals surface area contributed by atoms with E-state index in [1.165, 1.54) is 0 Å². The largest absolute Gasteiger partial charge is 0.481 e. The molecule has 0 bridgehead atoms. The summed E-state index contributed by atoms with van der Waals surface area (Å²) in [5.41, 5.74) is 1.02. The van der Waals surface area contributed by atoms with Gasteiger partial charge in [0, 0.05) is 25.6 Å². The van der Waals surface area contributed by atoms with Crippen LogP contribution >= 0.6 is 0 Å². The fraction of sp³-hybridized carbons (Fsp3) is 0.391. The Morgan fingerprint density at radius 3 is 2.17 bits per heavy atom. The van der Waals surface area contributed by atoms with Crippen LogP contribution in [0.4, 0.5) is 4.79 Å². The molecule has 6 nitrogen and oxygen atoms in total. The molecule has 0 radical (unpaired) electrons. The number of urea groups is 1. The Labute approximate surface area is 171 Å². The molecule has 0 aliphatic carbocycles. The van der Waals surface area contributed by atoms with Crippen LogP contribution in [0.15, 0.2) is 60.7 Å². The van der Waals surface area contributed by atoms with E-state index < -0.39 is 11.6 Å². The van der Waals surface area contributed by atoms with E-state index in [4.69, 9.17) is 5.11 Å². The van der Waals surface area contributed by atoms with Gasteiger partial charge in [0.2, 0.25) is 0 Å². The van der Waals surface area contributed by atoms with Gasteiger partial charge >= 0.3 is 12.0 Å². The van der Waals surface area contributed by atoms with Crippen LogP contribution < -0.4 is 5.32 Å². The van der Waals surface area contributed by atoms with Gasteiger partial charge in [-0.25, -0.2) is 4.79 Å². The van der Waals surface area contributed by atoms with Crippen molar-refractivity contribution >= 4 is 12.0 Å². The second-order valence-corrected chi connectivity index (χ2v) is 7.65. The highest BCUT2D eigenvalue weighted by atomic mass is 16.4. The Bertz CT molecular complexity index is 802. The molecule has 1 aliphatic rings. The van der Waals surface area contributed by atoms with Crippen molar-refractivity contribution in [2.45, 2.75) is 43.7 Å². The van der Waals surface area contributed by atoms with Crippen molar-refractivity contribution < 1.29 is 19.8 Å². The Kier molecular flexibility index (Phi) is 6.88. The van der Waals surface area contributed by atoms with Crippen LogP contribution in [-0.4, -0.2) is 46.2 Å². The first-order valence-corrected chi connectivity index (χ1v) is 10.1. The summed E-state index contributed by atoms with van der Waals surface area (Å²) in [7, 11) is 0. The SMILES string of the molecule is O=C(O)CCC(Cc1ccccc1)NC(=O)N1CCC(O)(c2ccccc2)CC1. The Morgan fingerprint density at radius 1 is 1.00 bits per heavy atom. The third kappa shape index (κ3) is 5.81. The van der Waals surface area contributed by atoms with E-state index in [0.29, 0.717) is 38.8 Å². The summed E-state index contributed by atoms with van der Waals surface area (Å²) < 4.78 is 0. The number of amides is 2. The van der Waals surface area contributed by atoms with E-state index in [2.05, 4.69) is 5.32 Å². The number of carbonyl (C=O) groups excluding carboxylic acids is 1. The van der Waals surface area contributed by atoms with Crippen molar-refractivity contribution in [1.29, 1.82) is 0 Å². The van der Waals surface area contributed by atoms with Crippen molar-refractivity contribution in [2.24, 2.45) is 0 Å². The zero-order valence-corrected chi connectivity index (χ0v) is 16.5. The summed E-state index contributed by atoms with van der Waals surface area (Å²) in [6.07, 6.45) is 1.91. The third-order valence-electron chi connectivity index (χ3n) is 5.55. The lowest BCUT2D eigenvalue weighted by molar-refractivity contribution is -0.137. The second-order valence-electron chi connectivity index (χ2n) is 7.65. The Balaban J connectivity index is 1.58. The molecule has 29 heavy (non-hydrogen) atoms. The van der Waals surface area contributed by atoms with Crippen LogP contribution in [0.3, 0.4) is 0 Å². The van der Waals surface area contributed by atoms with Crippen molar-refractivity contribution in [2.75, 3.05) is 13.1 Å². The zero-order chi connectivity index (χ0) is 20.7. The molecular weight excluding hydrogens is 368 g/mol. The second kappa shape index (κ2) is 9.56. The van der Waals surface area contributed by atoms with Gasteiger partial charge in [-0.1, -0.05) is 60.7 Å². The van der Waals surface area contributed by atoms with Crippen LogP contribution in [0, 0.1) is 0 Å². The van der Waals surface area contributed by atoms with Crippen LogP contribution in [0.25, 0.3) is 0 Å². The summed E-state index contributed by atoms with van der Waals surface area (Å²) in [4.78, 5) is 25.5. The highest BCUT2D eigenvalue weighted by molar-refractivity contribution is 5.75. The highest BCUT2D eigenvalue weighted by Crippen LogP contribution is 2.32. The standard InChI is InChI=1S/C23H28N2O4/c26-21(27)12-11-20(17-18-7-3-1-4-8-18)24-22(28)25-15-13-23(29,14-16-25)19-9-5-2-6-10-19/h1-10,20,29H,11-17H2,(H,24,28)(H,26,27). The minimum absolute atomic E-state index is 0.00549. The number of aliphatic hydroxyl groups is 1. The number of piperidine rings is 1. The number of carbonyl (C=O) groups is 2. The van der Waals surface area contributed by atoms with Gasteiger partial charge in [-0.05, 0) is 36.8 Å². The summed E-state index contributed by atoms with van der Waals surface area (Å²) in [5, 5.41) is 23.0. The van der Waals surface area contributed by atoms with Gasteiger partial charge in [0.1, 0.15) is 0 Å². The molecule has 3 N–H and O–H groups in total. The molecule has 0 saturated carbocycles. The van der Waals surface area contributed by atoms with Crippen molar-refractivity contribution in [3.05, 3.63) is 71.8 Å². The van der Waals surface area contributed by atoms with E-state index in [-0.39, 0.29) is 18.5 Å². The molecule has 3 rings (SSSR count). The molecule has 0 spiro atoms. The molecule has 2 aromatic carbocycles. The quantitative estimate of drug-likeness (QED) is 0.671. The van der Waals surface area contributed by atoms with Crippen LogP contribution in [0.5, 0.6) is 0 Å². The fourth-order valence-electron chi connectivity index (χ4n) is 3.80. The third-order valence-corrected chi connectivity index (χ3v) is 5.55. The monoisotopic (exact) mass is 396 g/mol. The van der Waals surface area contributed by atoms with Crippen LogP contribution in [0.2, 0.25) is 0 Å². The molecule has 1 fully saturated rings.